The van der Waals surface area contributed by atoms with Gasteiger partial charge in [-0.15, -0.1) is 0 Å². The van der Waals surface area contributed by atoms with Gasteiger partial charge >= 0.3 is 11.9 Å². The van der Waals surface area contributed by atoms with E-state index in [0.717, 1.165) is 6.07 Å². The molecule has 0 bridgehead atoms. The molecule has 0 saturated carbocycles. The smallest absolute Gasteiger partial charge is 0.345 e. The molecule has 0 aliphatic rings. The standard InChI is InChI=1S/C14H11NO5/c1-19-13(17)9-4-5-12(11(16)7-9)20-14(18)10-3-2-6-15-8-10/h2-8,16H,1H3. The van der Waals surface area contributed by atoms with Crippen molar-refractivity contribution in [2.45, 2.75) is 0 Å². The maximum Gasteiger partial charge on any atom is 0.345 e. The number of benzene rings is 1. The number of esters is 2. The van der Waals surface area contributed by atoms with Crippen molar-refractivity contribution >= 4 is 11.9 Å². The van der Waals surface area contributed by atoms with E-state index in [1.54, 1.807) is 6.07 Å². The number of aromatic nitrogens is 1. The summed E-state index contributed by atoms with van der Waals surface area (Å²) in [6.45, 7) is 0. The van der Waals surface area contributed by atoms with Gasteiger partial charge in [0.05, 0.1) is 18.2 Å². The van der Waals surface area contributed by atoms with E-state index in [-0.39, 0.29) is 22.6 Å². The molecule has 0 aliphatic heterocycles. The highest BCUT2D eigenvalue weighted by molar-refractivity contribution is 5.92. The molecule has 0 unspecified atom stereocenters. The Labute approximate surface area is 114 Å². The van der Waals surface area contributed by atoms with Gasteiger partial charge in [0.15, 0.2) is 11.5 Å². The molecule has 1 aromatic heterocycles. The molecule has 1 heterocycles. The topological polar surface area (TPSA) is 85.7 Å². The fraction of sp³-hybridized carbons (Fsp3) is 0.0714. The normalized spacial score (nSPS) is 9.85. The minimum Gasteiger partial charge on any atom is -0.504 e. The quantitative estimate of drug-likeness (QED) is 0.677. The van der Waals surface area contributed by atoms with E-state index in [1.165, 1.54) is 37.7 Å². The Kier molecular flexibility index (Phi) is 3.95. The minimum absolute atomic E-state index is 0.0495. The van der Waals surface area contributed by atoms with Crippen LogP contribution in [0.15, 0.2) is 42.7 Å². The molecule has 0 fully saturated rings. The van der Waals surface area contributed by atoms with Gasteiger partial charge in [-0.1, -0.05) is 0 Å². The van der Waals surface area contributed by atoms with Gasteiger partial charge in [0.25, 0.3) is 0 Å². The molecule has 6 nitrogen and oxygen atoms in total. The highest BCUT2D eigenvalue weighted by Gasteiger charge is 2.14. The van der Waals surface area contributed by atoms with Gasteiger partial charge in [0.1, 0.15) is 0 Å². The molecule has 0 atom stereocenters. The summed E-state index contributed by atoms with van der Waals surface area (Å²) in [4.78, 5) is 26.8. The lowest BCUT2D eigenvalue weighted by Crippen LogP contribution is -2.09. The van der Waals surface area contributed by atoms with Gasteiger partial charge < -0.3 is 14.6 Å². The summed E-state index contributed by atoms with van der Waals surface area (Å²) in [5.74, 6) is -1.62. The van der Waals surface area contributed by atoms with E-state index in [2.05, 4.69) is 9.72 Å². The Morgan fingerprint density at radius 1 is 1.15 bits per heavy atom. The van der Waals surface area contributed by atoms with Crippen LogP contribution in [0.1, 0.15) is 20.7 Å². The first-order valence-electron chi connectivity index (χ1n) is 5.65. The van der Waals surface area contributed by atoms with Crippen molar-refractivity contribution in [3.05, 3.63) is 53.9 Å². The van der Waals surface area contributed by atoms with Crippen molar-refractivity contribution in [1.82, 2.24) is 4.98 Å². The summed E-state index contributed by atoms with van der Waals surface area (Å²) in [7, 11) is 1.23. The lowest BCUT2D eigenvalue weighted by Gasteiger charge is -2.07. The highest BCUT2D eigenvalue weighted by atomic mass is 16.5. The number of nitrogens with zero attached hydrogens (tertiary/aromatic N) is 1. The van der Waals surface area contributed by atoms with Crippen molar-refractivity contribution in [3.63, 3.8) is 0 Å². The third-order valence-electron chi connectivity index (χ3n) is 2.48. The Morgan fingerprint density at radius 2 is 1.95 bits per heavy atom. The van der Waals surface area contributed by atoms with Crippen molar-refractivity contribution in [2.75, 3.05) is 7.11 Å². The van der Waals surface area contributed by atoms with Gasteiger partial charge in [-0.2, -0.15) is 0 Å². The zero-order chi connectivity index (χ0) is 14.5. The fourth-order valence-electron chi connectivity index (χ4n) is 1.49. The summed E-state index contributed by atoms with van der Waals surface area (Å²) < 4.78 is 9.53. The van der Waals surface area contributed by atoms with E-state index in [9.17, 15) is 14.7 Å². The Bertz CT molecular complexity index is 639. The van der Waals surface area contributed by atoms with E-state index < -0.39 is 11.9 Å². The molecule has 0 saturated heterocycles. The number of hydrogen-bond donors (Lipinski definition) is 1. The molecule has 0 spiro atoms. The molecular weight excluding hydrogens is 262 g/mol. The van der Waals surface area contributed by atoms with E-state index in [1.807, 2.05) is 0 Å². The minimum atomic E-state index is -0.654. The predicted octanol–water partition coefficient (Wildman–Crippen LogP) is 1.79. The van der Waals surface area contributed by atoms with Crippen LogP contribution in [0.5, 0.6) is 11.5 Å². The molecule has 0 aliphatic carbocycles. The number of hydrogen-bond acceptors (Lipinski definition) is 6. The average molecular weight is 273 g/mol. The first kappa shape index (κ1) is 13.5. The van der Waals surface area contributed by atoms with E-state index in [0.29, 0.717) is 0 Å². The maximum absolute atomic E-state index is 11.8. The number of aromatic hydroxyl groups is 1. The molecule has 20 heavy (non-hydrogen) atoms. The molecule has 6 heteroatoms. The van der Waals surface area contributed by atoms with Crippen LogP contribution in [-0.4, -0.2) is 29.1 Å². The van der Waals surface area contributed by atoms with Crippen LogP contribution in [0.25, 0.3) is 0 Å². The highest BCUT2D eigenvalue weighted by Crippen LogP contribution is 2.27. The van der Waals surface area contributed by atoms with Crippen molar-refractivity contribution < 1.29 is 24.2 Å². The Balaban J connectivity index is 2.18. The van der Waals surface area contributed by atoms with Gasteiger partial charge in [0.2, 0.25) is 0 Å². The lowest BCUT2D eigenvalue weighted by molar-refractivity contribution is 0.0600. The second kappa shape index (κ2) is 5.83. The zero-order valence-electron chi connectivity index (χ0n) is 10.6. The summed E-state index contributed by atoms with van der Waals surface area (Å²) in [6, 6.07) is 7.00. The predicted molar refractivity (Wildman–Crippen MR) is 68.6 cm³/mol. The molecular formula is C14H11NO5. The third kappa shape index (κ3) is 2.92. The molecule has 1 aromatic carbocycles. The fourth-order valence-corrected chi connectivity index (χ4v) is 1.49. The summed E-state index contributed by atoms with van der Waals surface area (Å²) in [6.07, 6.45) is 2.88. The third-order valence-corrected chi connectivity index (χ3v) is 2.48. The van der Waals surface area contributed by atoms with Crippen LogP contribution in [0.4, 0.5) is 0 Å². The van der Waals surface area contributed by atoms with Gasteiger partial charge in [-0.25, -0.2) is 9.59 Å². The number of carbonyl (C=O) groups is 2. The SMILES string of the molecule is COC(=O)c1ccc(OC(=O)c2cccnc2)c(O)c1. The van der Waals surface area contributed by atoms with Crippen molar-refractivity contribution in [1.29, 1.82) is 0 Å². The van der Waals surface area contributed by atoms with Crippen LogP contribution >= 0.6 is 0 Å². The van der Waals surface area contributed by atoms with E-state index >= 15 is 0 Å². The van der Waals surface area contributed by atoms with Crippen LogP contribution in [0.2, 0.25) is 0 Å². The van der Waals surface area contributed by atoms with Crippen molar-refractivity contribution in [3.8, 4) is 11.5 Å². The number of methoxy groups -OCH3 is 1. The Hall–Kier alpha value is -2.89. The van der Waals surface area contributed by atoms with Crippen LogP contribution in [0, 0.1) is 0 Å². The number of rotatable bonds is 3. The monoisotopic (exact) mass is 273 g/mol. The first-order chi connectivity index (χ1) is 9.61. The molecule has 102 valence electrons. The number of phenols is 1. The molecule has 0 amide bonds. The molecule has 2 rings (SSSR count). The van der Waals surface area contributed by atoms with Crippen LogP contribution in [0.3, 0.4) is 0 Å². The van der Waals surface area contributed by atoms with E-state index in [4.69, 9.17) is 4.74 Å². The zero-order valence-corrected chi connectivity index (χ0v) is 10.6. The largest absolute Gasteiger partial charge is 0.504 e. The first-order valence-corrected chi connectivity index (χ1v) is 5.65. The van der Waals surface area contributed by atoms with Crippen LogP contribution in [-0.2, 0) is 4.74 Å². The summed E-state index contributed by atoms with van der Waals surface area (Å²) >= 11 is 0. The summed E-state index contributed by atoms with van der Waals surface area (Å²) in [5, 5.41) is 9.73. The maximum atomic E-state index is 11.8. The van der Waals surface area contributed by atoms with Gasteiger partial charge in [0, 0.05) is 12.4 Å². The van der Waals surface area contributed by atoms with Crippen LogP contribution < -0.4 is 4.74 Å². The second-order valence-electron chi connectivity index (χ2n) is 3.81. The van der Waals surface area contributed by atoms with Gasteiger partial charge in [-0.05, 0) is 30.3 Å². The molecule has 1 N–H and O–H groups in total. The summed E-state index contributed by atoms with van der Waals surface area (Å²) in [5.41, 5.74) is 0.412. The van der Waals surface area contributed by atoms with Gasteiger partial charge in [-0.3, -0.25) is 4.98 Å². The Morgan fingerprint density at radius 3 is 2.55 bits per heavy atom. The lowest BCUT2D eigenvalue weighted by atomic mass is 10.2. The van der Waals surface area contributed by atoms with Crippen molar-refractivity contribution in [2.24, 2.45) is 0 Å². The second-order valence-corrected chi connectivity index (χ2v) is 3.81. The molecule has 2 aromatic rings. The molecule has 0 radical (unpaired) electrons. The number of pyridine rings is 1. The average Bonchev–Trinajstić information content (AvgIpc) is 2.49. The number of phenolic OH excluding ortho intramolecular Hbond substituents is 1. The number of carbonyl (C=O) groups excluding carboxylic acids is 2. The number of ether oxygens (including phenoxy) is 2.